The molecule has 0 bridgehead atoms. The number of benzene rings is 1. The van der Waals surface area contributed by atoms with Crippen LogP contribution in [-0.4, -0.2) is 19.7 Å². The Morgan fingerprint density at radius 1 is 1.19 bits per heavy atom. The molecule has 0 amide bonds. The molecule has 2 heteroatoms. The molecule has 0 aromatic heterocycles. The van der Waals surface area contributed by atoms with Gasteiger partial charge in [-0.15, -0.1) is 0 Å². The van der Waals surface area contributed by atoms with E-state index in [-0.39, 0.29) is 0 Å². The van der Waals surface area contributed by atoms with Crippen molar-refractivity contribution in [3.63, 3.8) is 0 Å². The van der Waals surface area contributed by atoms with E-state index in [1.807, 2.05) is 6.92 Å². The summed E-state index contributed by atoms with van der Waals surface area (Å²) < 4.78 is 5.45. The van der Waals surface area contributed by atoms with Gasteiger partial charge in [0.1, 0.15) is 5.75 Å². The van der Waals surface area contributed by atoms with E-state index in [1.54, 1.807) is 0 Å². The zero-order chi connectivity index (χ0) is 11.4. The monoisotopic (exact) mass is 219 g/mol. The van der Waals surface area contributed by atoms with Gasteiger partial charge in [-0.3, -0.25) is 0 Å². The van der Waals surface area contributed by atoms with Crippen LogP contribution in [0.5, 0.6) is 5.75 Å². The maximum atomic E-state index is 5.45. The maximum absolute atomic E-state index is 5.45. The standard InChI is InChI=1S/C14H21NO/c1-3-16-14-6-4-13(5-7-14)15-10-8-12(2)9-11-15/h4-7,12H,3,8-11H2,1-2H3. The molecule has 1 aliphatic heterocycles. The second-order valence-corrected chi connectivity index (χ2v) is 4.60. The van der Waals surface area contributed by atoms with Crippen LogP contribution in [0.1, 0.15) is 26.7 Å². The second kappa shape index (κ2) is 5.24. The molecule has 0 atom stereocenters. The molecule has 2 nitrogen and oxygen atoms in total. The fraction of sp³-hybridized carbons (Fsp3) is 0.571. The number of hydrogen-bond acceptors (Lipinski definition) is 2. The van der Waals surface area contributed by atoms with Crippen LogP contribution in [0.3, 0.4) is 0 Å². The summed E-state index contributed by atoms with van der Waals surface area (Å²) in [6.45, 7) is 7.47. The van der Waals surface area contributed by atoms with Crippen LogP contribution in [0.4, 0.5) is 5.69 Å². The minimum atomic E-state index is 0.737. The van der Waals surface area contributed by atoms with Gasteiger partial charge in [-0.25, -0.2) is 0 Å². The van der Waals surface area contributed by atoms with Crippen molar-refractivity contribution in [3.8, 4) is 5.75 Å². The molecule has 1 fully saturated rings. The molecule has 1 aromatic carbocycles. The zero-order valence-electron chi connectivity index (χ0n) is 10.3. The highest BCUT2D eigenvalue weighted by atomic mass is 16.5. The van der Waals surface area contributed by atoms with Gasteiger partial charge in [0.15, 0.2) is 0 Å². The molecule has 1 aliphatic rings. The Labute approximate surface area is 98.2 Å². The van der Waals surface area contributed by atoms with Crippen molar-refractivity contribution in [1.82, 2.24) is 0 Å². The number of hydrogen-bond donors (Lipinski definition) is 0. The van der Waals surface area contributed by atoms with Crippen molar-refractivity contribution in [2.24, 2.45) is 5.92 Å². The van der Waals surface area contributed by atoms with E-state index < -0.39 is 0 Å². The largest absolute Gasteiger partial charge is 0.494 e. The van der Waals surface area contributed by atoms with Crippen LogP contribution in [-0.2, 0) is 0 Å². The first-order chi connectivity index (χ1) is 7.79. The molecule has 0 N–H and O–H groups in total. The van der Waals surface area contributed by atoms with Gasteiger partial charge in [-0.2, -0.15) is 0 Å². The van der Waals surface area contributed by atoms with E-state index in [0.717, 1.165) is 18.3 Å². The van der Waals surface area contributed by atoms with Crippen molar-refractivity contribution in [2.75, 3.05) is 24.6 Å². The summed E-state index contributed by atoms with van der Waals surface area (Å²) in [5.41, 5.74) is 1.33. The van der Waals surface area contributed by atoms with E-state index in [1.165, 1.54) is 31.6 Å². The summed E-state index contributed by atoms with van der Waals surface area (Å²) >= 11 is 0. The molecule has 88 valence electrons. The quantitative estimate of drug-likeness (QED) is 0.773. The van der Waals surface area contributed by atoms with Crippen LogP contribution >= 0.6 is 0 Å². The van der Waals surface area contributed by atoms with Crippen LogP contribution in [0.2, 0.25) is 0 Å². The molecule has 0 aliphatic carbocycles. The Bertz CT molecular complexity index is 312. The van der Waals surface area contributed by atoms with Crippen molar-refractivity contribution in [2.45, 2.75) is 26.7 Å². The molecular formula is C14H21NO. The fourth-order valence-corrected chi connectivity index (χ4v) is 2.19. The number of anilines is 1. The Morgan fingerprint density at radius 3 is 2.38 bits per heavy atom. The Hall–Kier alpha value is -1.18. The lowest BCUT2D eigenvalue weighted by molar-refractivity contribution is 0.340. The van der Waals surface area contributed by atoms with Gasteiger partial charge >= 0.3 is 0 Å². The van der Waals surface area contributed by atoms with E-state index in [4.69, 9.17) is 4.74 Å². The van der Waals surface area contributed by atoms with Gasteiger partial charge < -0.3 is 9.64 Å². The van der Waals surface area contributed by atoms with Gasteiger partial charge in [-0.1, -0.05) is 6.92 Å². The van der Waals surface area contributed by atoms with Gasteiger partial charge in [0.05, 0.1) is 6.61 Å². The van der Waals surface area contributed by atoms with Gasteiger partial charge in [0, 0.05) is 18.8 Å². The number of nitrogens with zero attached hydrogens (tertiary/aromatic N) is 1. The first kappa shape index (κ1) is 11.3. The van der Waals surface area contributed by atoms with Crippen molar-refractivity contribution in [3.05, 3.63) is 24.3 Å². The molecule has 0 saturated carbocycles. The van der Waals surface area contributed by atoms with Crippen molar-refractivity contribution >= 4 is 5.69 Å². The summed E-state index contributed by atoms with van der Waals surface area (Å²) in [6.07, 6.45) is 2.63. The molecule has 2 rings (SSSR count). The highest BCUT2D eigenvalue weighted by molar-refractivity contribution is 5.49. The molecular weight excluding hydrogens is 198 g/mol. The average Bonchev–Trinajstić information content (AvgIpc) is 2.32. The van der Waals surface area contributed by atoms with E-state index in [2.05, 4.69) is 36.1 Å². The average molecular weight is 219 g/mol. The Kier molecular flexibility index (Phi) is 3.70. The second-order valence-electron chi connectivity index (χ2n) is 4.60. The lowest BCUT2D eigenvalue weighted by Gasteiger charge is -2.32. The normalized spacial score (nSPS) is 17.5. The molecule has 1 saturated heterocycles. The summed E-state index contributed by atoms with van der Waals surface area (Å²) in [4.78, 5) is 2.47. The lowest BCUT2D eigenvalue weighted by Crippen LogP contribution is -2.32. The molecule has 0 spiro atoms. The molecule has 16 heavy (non-hydrogen) atoms. The van der Waals surface area contributed by atoms with Crippen LogP contribution < -0.4 is 9.64 Å². The summed E-state index contributed by atoms with van der Waals surface area (Å²) in [5, 5.41) is 0. The minimum absolute atomic E-state index is 0.737. The Balaban J connectivity index is 1.98. The molecule has 0 radical (unpaired) electrons. The summed E-state index contributed by atoms with van der Waals surface area (Å²) in [7, 11) is 0. The predicted molar refractivity (Wildman–Crippen MR) is 68.2 cm³/mol. The van der Waals surface area contributed by atoms with E-state index in [9.17, 15) is 0 Å². The summed E-state index contributed by atoms with van der Waals surface area (Å²) in [6, 6.07) is 8.47. The predicted octanol–water partition coefficient (Wildman–Crippen LogP) is 3.32. The third-order valence-electron chi connectivity index (χ3n) is 3.30. The van der Waals surface area contributed by atoms with Crippen molar-refractivity contribution in [1.29, 1.82) is 0 Å². The van der Waals surface area contributed by atoms with E-state index in [0.29, 0.717) is 0 Å². The van der Waals surface area contributed by atoms with Gasteiger partial charge in [-0.05, 0) is 49.9 Å². The molecule has 1 heterocycles. The fourth-order valence-electron chi connectivity index (χ4n) is 2.19. The molecule has 0 unspecified atom stereocenters. The van der Waals surface area contributed by atoms with E-state index >= 15 is 0 Å². The SMILES string of the molecule is CCOc1ccc(N2CCC(C)CC2)cc1. The van der Waals surface area contributed by atoms with Crippen LogP contribution in [0.15, 0.2) is 24.3 Å². The Morgan fingerprint density at radius 2 is 1.81 bits per heavy atom. The minimum Gasteiger partial charge on any atom is -0.494 e. The first-order valence-corrected chi connectivity index (χ1v) is 6.27. The summed E-state index contributed by atoms with van der Waals surface area (Å²) in [5.74, 6) is 1.86. The zero-order valence-corrected chi connectivity index (χ0v) is 10.3. The molecule has 1 aromatic rings. The van der Waals surface area contributed by atoms with Crippen LogP contribution in [0.25, 0.3) is 0 Å². The third kappa shape index (κ3) is 2.69. The maximum Gasteiger partial charge on any atom is 0.119 e. The number of piperidine rings is 1. The highest BCUT2D eigenvalue weighted by Gasteiger charge is 2.15. The van der Waals surface area contributed by atoms with Gasteiger partial charge in [0.2, 0.25) is 0 Å². The van der Waals surface area contributed by atoms with Crippen LogP contribution in [0, 0.1) is 5.92 Å². The van der Waals surface area contributed by atoms with Gasteiger partial charge in [0.25, 0.3) is 0 Å². The lowest BCUT2D eigenvalue weighted by atomic mass is 9.99. The number of rotatable bonds is 3. The highest BCUT2D eigenvalue weighted by Crippen LogP contribution is 2.24. The smallest absolute Gasteiger partial charge is 0.119 e. The third-order valence-corrected chi connectivity index (χ3v) is 3.30. The number of ether oxygens (including phenoxy) is 1. The topological polar surface area (TPSA) is 12.5 Å². The van der Waals surface area contributed by atoms with Crippen molar-refractivity contribution < 1.29 is 4.74 Å². The first-order valence-electron chi connectivity index (χ1n) is 6.27.